The van der Waals surface area contributed by atoms with E-state index in [2.05, 4.69) is 5.32 Å². The number of nitrogens with one attached hydrogen (secondary N) is 1. The molecule has 2 aromatic carbocycles. The van der Waals surface area contributed by atoms with Crippen LogP contribution >= 0.6 is 0 Å². The minimum Gasteiger partial charge on any atom is -0.491 e. The first-order valence-electron chi connectivity index (χ1n) is 7.79. The SMILES string of the molecule is CCCOc1ccccc1NC(=O)/C=C(/c1ccccc1)C(F)(F)F. The van der Waals surface area contributed by atoms with E-state index in [0.717, 1.165) is 6.42 Å². The van der Waals surface area contributed by atoms with Crippen LogP contribution in [0.3, 0.4) is 0 Å². The van der Waals surface area contributed by atoms with Gasteiger partial charge < -0.3 is 10.1 Å². The van der Waals surface area contributed by atoms with Crippen molar-refractivity contribution < 1.29 is 22.7 Å². The maximum absolute atomic E-state index is 13.3. The smallest absolute Gasteiger partial charge is 0.417 e. The Kier molecular flexibility index (Phi) is 6.22. The Morgan fingerprint density at radius 2 is 1.72 bits per heavy atom. The number of rotatable bonds is 6. The molecule has 6 heteroatoms. The monoisotopic (exact) mass is 349 g/mol. The molecule has 0 spiro atoms. The van der Waals surface area contributed by atoms with Gasteiger partial charge in [-0.2, -0.15) is 13.2 Å². The number of alkyl halides is 3. The summed E-state index contributed by atoms with van der Waals surface area (Å²) in [6.07, 6.45) is -3.31. The highest BCUT2D eigenvalue weighted by Crippen LogP contribution is 2.34. The second-order valence-electron chi connectivity index (χ2n) is 5.26. The summed E-state index contributed by atoms with van der Waals surface area (Å²) in [4.78, 5) is 12.1. The Bertz CT molecular complexity index is 740. The van der Waals surface area contributed by atoms with E-state index in [1.807, 2.05) is 6.92 Å². The maximum atomic E-state index is 13.3. The third-order valence-corrected chi connectivity index (χ3v) is 3.27. The van der Waals surface area contributed by atoms with Crippen LogP contribution in [0.1, 0.15) is 18.9 Å². The lowest BCUT2D eigenvalue weighted by atomic mass is 10.1. The standard InChI is InChI=1S/C19H18F3NO2/c1-2-12-25-17-11-7-6-10-16(17)23-18(24)13-15(19(20,21)22)14-8-4-3-5-9-14/h3-11,13H,2,12H2,1H3,(H,23,24)/b15-13-. The average molecular weight is 349 g/mol. The molecule has 0 saturated carbocycles. The summed E-state index contributed by atoms with van der Waals surface area (Å²) in [6.45, 7) is 2.37. The highest BCUT2D eigenvalue weighted by atomic mass is 19.4. The largest absolute Gasteiger partial charge is 0.491 e. The van der Waals surface area contributed by atoms with E-state index in [9.17, 15) is 18.0 Å². The molecule has 3 nitrogen and oxygen atoms in total. The third-order valence-electron chi connectivity index (χ3n) is 3.27. The molecule has 2 aromatic rings. The molecule has 132 valence electrons. The minimum absolute atomic E-state index is 0.0688. The van der Waals surface area contributed by atoms with Gasteiger partial charge in [0, 0.05) is 6.08 Å². The lowest BCUT2D eigenvalue weighted by Crippen LogP contribution is -2.16. The zero-order valence-corrected chi connectivity index (χ0v) is 13.6. The summed E-state index contributed by atoms with van der Waals surface area (Å²) in [5, 5.41) is 2.45. The number of para-hydroxylation sites is 2. The average Bonchev–Trinajstić information content (AvgIpc) is 2.59. The number of halogens is 3. The van der Waals surface area contributed by atoms with E-state index in [4.69, 9.17) is 4.74 Å². The molecule has 0 atom stereocenters. The van der Waals surface area contributed by atoms with Crippen LogP contribution in [0.25, 0.3) is 5.57 Å². The van der Waals surface area contributed by atoms with Crippen molar-refractivity contribution in [3.63, 3.8) is 0 Å². The Morgan fingerprint density at radius 3 is 2.36 bits per heavy atom. The number of hydrogen-bond donors (Lipinski definition) is 1. The van der Waals surface area contributed by atoms with Crippen LogP contribution in [-0.4, -0.2) is 18.7 Å². The normalized spacial score (nSPS) is 11.9. The quantitative estimate of drug-likeness (QED) is 0.740. The van der Waals surface area contributed by atoms with Gasteiger partial charge in [0.2, 0.25) is 5.91 Å². The number of allylic oxidation sites excluding steroid dienone is 1. The van der Waals surface area contributed by atoms with E-state index >= 15 is 0 Å². The van der Waals surface area contributed by atoms with Gasteiger partial charge in [0.05, 0.1) is 17.9 Å². The van der Waals surface area contributed by atoms with Gasteiger partial charge in [-0.1, -0.05) is 49.4 Å². The highest BCUT2D eigenvalue weighted by molar-refractivity contribution is 6.05. The van der Waals surface area contributed by atoms with E-state index in [-0.39, 0.29) is 5.56 Å². The molecule has 0 radical (unpaired) electrons. The van der Waals surface area contributed by atoms with Gasteiger partial charge in [0.15, 0.2) is 0 Å². The zero-order chi connectivity index (χ0) is 18.3. The van der Waals surface area contributed by atoms with Crippen LogP contribution in [0.2, 0.25) is 0 Å². The lowest BCUT2D eigenvalue weighted by molar-refractivity contribution is -0.112. The van der Waals surface area contributed by atoms with Gasteiger partial charge in [0.1, 0.15) is 5.75 Å². The van der Waals surface area contributed by atoms with Gasteiger partial charge in [-0.3, -0.25) is 4.79 Å². The van der Waals surface area contributed by atoms with Crippen LogP contribution in [0.4, 0.5) is 18.9 Å². The molecular formula is C19H18F3NO2. The highest BCUT2D eigenvalue weighted by Gasteiger charge is 2.35. The summed E-state index contributed by atoms with van der Waals surface area (Å²) in [7, 11) is 0. The first-order chi connectivity index (χ1) is 11.9. The molecule has 1 amide bonds. The van der Waals surface area contributed by atoms with Gasteiger partial charge in [-0.05, 0) is 24.1 Å². The second-order valence-corrected chi connectivity index (χ2v) is 5.26. The number of carbonyl (C=O) groups excluding carboxylic acids is 1. The summed E-state index contributed by atoms with van der Waals surface area (Å²) in [5.41, 5.74) is -0.745. The molecule has 0 bridgehead atoms. The van der Waals surface area contributed by atoms with Crippen molar-refractivity contribution in [2.75, 3.05) is 11.9 Å². The number of ether oxygens (including phenoxy) is 1. The van der Waals surface area contributed by atoms with Gasteiger partial charge >= 0.3 is 6.18 Å². The maximum Gasteiger partial charge on any atom is 0.417 e. The molecule has 2 rings (SSSR count). The second kappa shape index (κ2) is 8.37. The number of anilines is 1. The van der Waals surface area contributed by atoms with Crippen molar-refractivity contribution in [1.82, 2.24) is 0 Å². The molecule has 25 heavy (non-hydrogen) atoms. The molecule has 0 aliphatic rings. The van der Waals surface area contributed by atoms with E-state index in [1.54, 1.807) is 30.3 Å². The number of benzene rings is 2. The van der Waals surface area contributed by atoms with Crippen molar-refractivity contribution in [2.45, 2.75) is 19.5 Å². The zero-order valence-electron chi connectivity index (χ0n) is 13.6. The lowest BCUT2D eigenvalue weighted by Gasteiger charge is -2.13. The van der Waals surface area contributed by atoms with Gasteiger partial charge in [-0.15, -0.1) is 0 Å². The molecule has 0 fully saturated rings. The predicted molar refractivity (Wildman–Crippen MR) is 91.3 cm³/mol. The third kappa shape index (κ3) is 5.38. The van der Waals surface area contributed by atoms with Crippen LogP contribution in [0, 0.1) is 0 Å². The summed E-state index contributed by atoms with van der Waals surface area (Å²) < 4.78 is 45.3. The van der Waals surface area contributed by atoms with Crippen molar-refractivity contribution in [3.8, 4) is 5.75 Å². The first kappa shape index (κ1) is 18.6. The van der Waals surface area contributed by atoms with E-state index in [1.165, 1.54) is 24.3 Å². The molecule has 0 unspecified atom stereocenters. The Hall–Kier alpha value is -2.76. The van der Waals surface area contributed by atoms with Crippen molar-refractivity contribution in [1.29, 1.82) is 0 Å². The van der Waals surface area contributed by atoms with E-state index in [0.29, 0.717) is 24.1 Å². The number of hydrogen-bond acceptors (Lipinski definition) is 2. The van der Waals surface area contributed by atoms with Crippen LogP contribution in [0.5, 0.6) is 5.75 Å². The molecule has 0 saturated heterocycles. The molecule has 1 N–H and O–H groups in total. The Balaban J connectivity index is 2.26. The summed E-state index contributed by atoms with van der Waals surface area (Å²) >= 11 is 0. The Labute approximate surface area is 144 Å². The number of amides is 1. The predicted octanol–water partition coefficient (Wildman–Crippen LogP) is 5.06. The Morgan fingerprint density at radius 1 is 1.08 bits per heavy atom. The van der Waals surface area contributed by atoms with Gasteiger partial charge in [0.25, 0.3) is 0 Å². The van der Waals surface area contributed by atoms with Crippen LogP contribution in [-0.2, 0) is 4.79 Å². The summed E-state index contributed by atoms with van der Waals surface area (Å²) in [6, 6.07) is 13.8. The first-order valence-corrected chi connectivity index (χ1v) is 7.79. The van der Waals surface area contributed by atoms with Crippen LogP contribution < -0.4 is 10.1 Å². The summed E-state index contributed by atoms with van der Waals surface area (Å²) in [5.74, 6) is -0.455. The molecule has 0 aromatic heterocycles. The minimum atomic E-state index is -4.64. The fraction of sp³-hybridized carbons (Fsp3) is 0.211. The number of carbonyl (C=O) groups is 1. The molecular weight excluding hydrogens is 331 g/mol. The fourth-order valence-corrected chi connectivity index (χ4v) is 2.15. The van der Waals surface area contributed by atoms with Crippen LogP contribution in [0.15, 0.2) is 60.7 Å². The van der Waals surface area contributed by atoms with E-state index < -0.39 is 17.7 Å². The molecule has 0 aliphatic heterocycles. The van der Waals surface area contributed by atoms with Gasteiger partial charge in [-0.25, -0.2) is 0 Å². The molecule has 0 heterocycles. The van der Waals surface area contributed by atoms with Crippen molar-refractivity contribution >= 4 is 17.2 Å². The van der Waals surface area contributed by atoms with Crippen molar-refractivity contribution in [3.05, 3.63) is 66.2 Å². The topological polar surface area (TPSA) is 38.3 Å². The van der Waals surface area contributed by atoms with Crippen molar-refractivity contribution in [2.24, 2.45) is 0 Å². The molecule has 0 aliphatic carbocycles. The fourth-order valence-electron chi connectivity index (χ4n) is 2.15.